The maximum atomic E-state index is 12.0. The highest BCUT2D eigenvalue weighted by molar-refractivity contribution is 6.31. The highest BCUT2D eigenvalue weighted by Crippen LogP contribution is 2.22. The Morgan fingerprint density at radius 1 is 1.33 bits per heavy atom. The summed E-state index contributed by atoms with van der Waals surface area (Å²) in [4.78, 5) is 12.0. The molecule has 2 rings (SSSR count). The Kier molecular flexibility index (Phi) is 4.81. The summed E-state index contributed by atoms with van der Waals surface area (Å²) < 4.78 is 5.07. The lowest BCUT2D eigenvalue weighted by Gasteiger charge is -2.08. The van der Waals surface area contributed by atoms with Crippen molar-refractivity contribution in [2.45, 2.75) is 6.54 Å². The molecule has 1 amide bonds. The van der Waals surface area contributed by atoms with Gasteiger partial charge in [0.1, 0.15) is 5.75 Å². The number of halogens is 1. The second-order valence-electron chi connectivity index (χ2n) is 4.33. The molecule has 0 aromatic heterocycles. The van der Waals surface area contributed by atoms with Gasteiger partial charge in [-0.3, -0.25) is 4.79 Å². The summed E-state index contributed by atoms with van der Waals surface area (Å²) in [5, 5.41) is 12.1. The van der Waals surface area contributed by atoms with Gasteiger partial charge >= 0.3 is 0 Å². The molecule has 0 heterocycles. The second-order valence-corrected chi connectivity index (χ2v) is 4.74. The van der Waals surface area contributed by atoms with Crippen molar-refractivity contribution < 1.29 is 9.53 Å². The molecule has 0 bridgehead atoms. The van der Waals surface area contributed by atoms with Gasteiger partial charge < -0.3 is 10.1 Å². The quantitative estimate of drug-likeness (QED) is 0.943. The predicted molar refractivity (Wildman–Crippen MR) is 80.3 cm³/mol. The smallest absolute Gasteiger partial charge is 0.251 e. The van der Waals surface area contributed by atoms with Crippen LogP contribution in [0.15, 0.2) is 42.5 Å². The van der Waals surface area contributed by atoms with E-state index in [2.05, 4.69) is 5.32 Å². The summed E-state index contributed by atoms with van der Waals surface area (Å²) in [5.41, 5.74) is 1.69. The van der Waals surface area contributed by atoms with Crippen LogP contribution in [-0.4, -0.2) is 13.0 Å². The average molecular weight is 301 g/mol. The molecule has 0 fully saturated rings. The molecule has 2 aromatic rings. The Balaban J connectivity index is 2.05. The van der Waals surface area contributed by atoms with Crippen molar-refractivity contribution in [3.05, 3.63) is 64.2 Å². The number of nitrogens with zero attached hydrogens (tertiary/aromatic N) is 1. The first-order valence-corrected chi connectivity index (χ1v) is 6.62. The first kappa shape index (κ1) is 14.9. The Labute approximate surface area is 127 Å². The van der Waals surface area contributed by atoms with Crippen LogP contribution in [0.5, 0.6) is 5.75 Å². The number of hydrogen-bond acceptors (Lipinski definition) is 3. The number of carbonyl (C=O) groups is 1. The van der Waals surface area contributed by atoms with Gasteiger partial charge in [-0.1, -0.05) is 23.7 Å². The van der Waals surface area contributed by atoms with Crippen molar-refractivity contribution in [2.75, 3.05) is 7.11 Å². The lowest BCUT2D eigenvalue weighted by atomic mass is 10.1. The fraction of sp³-hybridized carbons (Fsp3) is 0.125. The van der Waals surface area contributed by atoms with Crippen molar-refractivity contribution in [1.82, 2.24) is 5.32 Å². The molecule has 106 valence electrons. The zero-order valence-corrected chi connectivity index (χ0v) is 12.1. The molecule has 2 aromatic carbocycles. The fourth-order valence-corrected chi connectivity index (χ4v) is 2.04. The number of rotatable bonds is 4. The van der Waals surface area contributed by atoms with Crippen LogP contribution in [-0.2, 0) is 6.54 Å². The predicted octanol–water partition coefficient (Wildman–Crippen LogP) is 3.15. The third-order valence-corrected chi connectivity index (χ3v) is 3.31. The van der Waals surface area contributed by atoms with E-state index in [4.69, 9.17) is 21.6 Å². The maximum absolute atomic E-state index is 12.0. The van der Waals surface area contributed by atoms with E-state index in [0.29, 0.717) is 28.4 Å². The standard InChI is InChI=1S/C16H13ClN2O2/c1-21-14-6-5-13(15(17)8-14)10-19-16(20)12-4-2-3-11(7-12)9-18/h2-8H,10H2,1H3,(H,19,20). The molecule has 21 heavy (non-hydrogen) atoms. The summed E-state index contributed by atoms with van der Waals surface area (Å²) in [6.07, 6.45) is 0. The normalized spacial score (nSPS) is 9.76. The fourth-order valence-electron chi connectivity index (χ4n) is 1.81. The number of ether oxygens (including phenoxy) is 1. The number of hydrogen-bond donors (Lipinski definition) is 1. The third-order valence-electron chi connectivity index (χ3n) is 2.95. The minimum atomic E-state index is -0.251. The highest BCUT2D eigenvalue weighted by atomic mass is 35.5. The van der Waals surface area contributed by atoms with Gasteiger partial charge in [-0.25, -0.2) is 0 Å². The van der Waals surface area contributed by atoms with Gasteiger partial charge in [0.05, 0.1) is 18.7 Å². The first-order chi connectivity index (χ1) is 10.1. The maximum Gasteiger partial charge on any atom is 0.251 e. The molecule has 1 N–H and O–H groups in total. The topological polar surface area (TPSA) is 62.1 Å². The summed E-state index contributed by atoms with van der Waals surface area (Å²) in [6.45, 7) is 0.304. The molecule has 0 aliphatic heterocycles. The van der Waals surface area contributed by atoms with E-state index in [1.165, 1.54) is 0 Å². The Morgan fingerprint density at radius 3 is 2.81 bits per heavy atom. The number of benzene rings is 2. The van der Waals surface area contributed by atoms with Crippen LogP contribution in [0.4, 0.5) is 0 Å². The number of nitrogens with one attached hydrogen (secondary N) is 1. The van der Waals surface area contributed by atoms with Gasteiger partial charge in [-0.05, 0) is 35.9 Å². The summed E-state index contributed by atoms with van der Waals surface area (Å²) in [7, 11) is 1.56. The third kappa shape index (κ3) is 3.74. The van der Waals surface area contributed by atoms with Crippen LogP contribution in [0.25, 0.3) is 0 Å². The molecule has 0 aliphatic rings. The molecule has 0 spiro atoms. The number of nitriles is 1. The van der Waals surface area contributed by atoms with Crippen molar-refractivity contribution >= 4 is 17.5 Å². The number of methoxy groups -OCH3 is 1. The molecular weight excluding hydrogens is 288 g/mol. The van der Waals surface area contributed by atoms with Crippen molar-refractivity contribution in [1.29, 1.82) is 5.26 Å². The van der Waals surface area contributed by atoms with Gasteiger partial charge in [-0.2, -0.15) is 5.26 Å². The minimum Gasteiger partial charge on any atom is -0.497 e. The Morgan fingerprint density at radius 2 is 2.14 bits per heavy atom. The largest absolute Gasteiger partial charge is 0.497 e. The Hall–Kier alpha value is -2.51. The van der Waals surface area contributed by atoms with Crippen LogP contribution in [0.3, 0.4) is 0 Å². The van der Waals surface area contributed by atoms with E-state index >= 15 is 0 Å². The van der Waals surface area contributed by atoms with E-state index in [9.17, 15) is 4.79 Å². The molecule has 0 saturated carbocycles. The van der Waals surface area contributed by atoms with Crippen LogP contribution in [0, 0.1) is 11.3 Å². The van der Waals surface area contributed by atoms with E-state index < -0.39 is 0 Å². The zero-order chi connectivity index (χ0) is 15.2. The molecule has 0 atom stereocenters. The molecular formula is C16H13ClN2O2. The monoisotopic (exact) mass is 300 g/mol. The summed E-state index contributed by atoms with van der Waals surface area (Å²) in [5.74, 6) is 0.413. The first-order valence-electron chi connectivity index (χ1n) is 6.25. The van der Waals surface area contributed by atoms with Crippen LogP contribution in [0.1, 0.15) is 21.5 Å². The SMILES string of the molecule is COc1ccc(CNC(=O)c2cccc(C#N)c2)c(Cl)c1. The van der Waals surface area contributed by atoms with Gasteiger partial charge in [0, 0.05) is 17.1 Å². The van der Waals surface area contributed by atoms with Crippen LogP contribution >= 0.6 is 11.6 Å². The zero-order valence-electron chi connectivity index (χ0n) is 11.4. The Bertz CT molecular complexity index is 708. The van der Waals surface area contributed by atoms with Crippen molar-refractivity contribution in [3.63, 3.8) is 0 Å². The number of carbonyl (C=O) groups excluding carboxylic acids is 1. The number of amides is 1. The van der Waals surface area contributed by atoms with Gasteiger partial charge in [0.15, 0.2) is 0 Å². The highest BCUT2D eigenvalue weighted by Gasteiger charge is 2.08. The van der Waals surface area contributed by atoms with E-state index in [-0.39, 0.29) is 5.91 Å². The molecule has 0 aliphatic carbocycles. The lowest BCUT2D eigenvalue weighted by molar-refractivity contribution is 0.0951. The van der Waals surface area contributed by atoms with Gasteiger partial charge in [-0.15, -0.1) is 0 Å². The van der Waals surface area contributed by atoms with E-state index in [1.54, 1.807) is 49.6 Å². The van der Waals surface area contributed by atoms with Gasteiger partial charge in [0.25, 0.3) is 5.91 Å². The molecule has 0 radical (unpaired) electrons. The van der Waals surface area contributed by atoms with Gasteiger partial charge in [0.2, 0.25) is 0 Å². The second kappa shape index (κ2) is 6.78. The van der Waals surface area contributed by atoms with E-state index in [1.807, 2.05) is 6.07 Å². The van der Waals surface area contributed by atoms with Crippen LogP contribution in [0.2, 0.25) is 5.02 Å². The molecule has 0 unspecified atom stereocenters. The lowest BCUT2D eigenvalue weighted by Crippen LogP contribution is -2.23. The molecule has 0 saturated heterocycles. The van der Waals surface area contributed by atoms with Crippen LogP contribution < -0.4 is 10.1 Å². The summed E-state index contributed by atoms with van der Waals surface area (Å²) >= 11 is 6.11. The molecule has 4 nitrogen and oxygen atoms in total. The summed E-state index contributed by atoms with van der Waals surface area (Å²) in [6, 6.07) is 13.8. The minimum absolute atomic E-state index is 0.251. The van der Waals surface area contributed by atoms with Crippen molar-refractivity contribution in [3.8, 4) is 11.8 Å². The van der Waals surface area contributed by atoms with E-state index in [0.717, 1.165) is 5.56 Å². The molecule has 5 heteroatoms. The van der Waals surface area contributed by atoms with Crippen molar-refractivity contribution in [2.24, 2.45) is 0 Å². The average Bonchev–Trinajstić information content (AvgIpc) is 2.53.